The van der Waals surface area contributed by atoms with Crippen LogP contribution in [-0.4, -0.2) is 30.1 Å². The summed E-state index contributed by atoms with van der Waals surface area (Å²) in [6.45, 7) is 3.47. The number of carbonyl (C=O) groups excluding carboxylic acids is 3. The Morgan fingerprint density at radius 3 is 2.36 bits per heavy atom. The Kier molecular flexibility index (Phi) is 6.98. The molecule has 0 aliphatic heterocycles. The molecule has 1 aromatic carbocycles. The number of urea groups is 1. The first-order chi connectivity index (χ1) is 12.0. The predicted octanol–water partition coefficient (Wildman–Crippen LogP) is 2.95. The van der Waals surface area contributed by atoms with Gasteiger partial charge < -0.3 is 10.1 Å². The normalized spacial score (nSPS) is 15.9. The lowest BCUT2D eigenvalue weighted by molar-refractivity contribution is -0.127. The average Bonchev–Trinajstić information content (AvgIpc) is 2.62. The van der Waals surface area contributed by atoms with E-state index in [1.165, 1.54) is 13.3 Å². The predicted molar refractivity (Wildman–Crippen MR) is 94.2 cm³/mol. The fourth-order valence-electron chi connectivity index (χ4n) is 2.84. The summed E-state index contributed by atoms with van der Waals surface area (Å²) in [6.07, 6.45) is 5.05. The number of benzene rings is 1. The van der Waals surface area contributed by atoms with Crippen molar-refractivity contribution < 1.29 is 19.1 Å². The van der Waals surface area contributed by atoms with Gasteiger partial charge in [-0.2, -0.15) is 0 Å². The molecule has 0 heterocycles. The summed E-state index contributed by atoms with van der Waals surface area (Å²) in [5, 5.41) is 5.03. The number of esters is 1. The van der Waals surface area contributed by atoms with E-state index in [0.717, 1.165) is 37.7 Å². The van der Waals surface area contributed by atoms with Crippen molar-refractivity contribution in [1.29, 1.82) is 0 Å². The first kappa shape index (κ1) is 19.0. The van der Waals surface area contributed by atoms with E-state index in [-0.39, 0.29) is 6.04 Å². The quantitative estimate of drug-likeness (QED) is 0.803. The Labute approximate surface area is 148 Å². The Balaban J connectivity index is 1.80. The van der Waals surface area contributed by atoms with Crippen molar-refractivity contribution in [3.8, 4) is 0 Å². The Morgan fingerprint density at radius 1 is 1.12 bits per heavy atom. The molecule has 0 unspecified atom stereocenters. The lowest BCUT2D eigenvalue weighted by atomic mass is 9.96. The first-order valence-corrected chi connectivity index (χ1v) is 8.91. The van der Waals surface area contributed by atoms with Crippen LogP contribution in [0.5, 0.6) is 0 Å². The zero-order chi connectivity index (χ0) is 18.2. The number of carbonyl (C=O) groups is 3. The van der Waals surface area contributed by atoms with E-state index in [2.05, 4.69) is 10.6 Å². The SMILES string of the molecule is CCc1ccc(C(=O)O[C@@H](C)C(=O)NC(=O)NC2CCCCC2)cc1. The third-order valence-corrected chi connectivity index (χ3v) is 4.43. The summed E-state index contributed by atoms with van der Waals surface area (Å²) in [5.74, 6) is -1.22. The van der Waals surface area contributed by atoms with Gasteiger partial charge in [0, 0.05) is 6.04 Å². The summed E-state index contributed by atoms with van der Waals surface area (Å²) in [4.78, 5) is 35.9. The Hall–Kier alpha value is -2.37. The van der Waals surface area contributed by atoms with Crippen LogP contribution in [0.25, 0.3) is 0 Å². The van der Waals surface area contributed by atoms with Gasteiger partial charge in [0.15, 0.2) is 6.10 Å². The third-order valence-electron chi connectivity index (χ3n) is 4.43. The minimum Gasteiger partial charge on any atom is -0.449 e. The van der Waals surface area contributed by atoms with E-state index >= 15 is 0 Å². The molecular weight excluding hydrogens is 320 g/mol. The average molecular weight is 346 g/mol. The molecule has 1 aliphatic rings. The number of hydrogen-bond acceptors (Lipinski definition) is 4. The fraction of sp³-hybridized carbons (Fsp3) is 0.526. The highest BCUT2D eigenvalue weighted by atomic mass is 16.5. The van der Waals surface area contributed by atoms with Crippen LogP contribution < -0.4 is 10.6 Å². The number of aryl methyl sites for hydroxylation is 1. The van der Waals surface area contributed by atoms with Gasteiger partial charge in [0.1, 0.15) is 0 Å². The molecular formula is C19H26N2O4. The molecule has 0 radical (unpaired) electrons. The van der Waals surface area contributed by atoms with Crippen molar-refractivity contribution in [3.63, 3.8) is 0 Å². The van der Waals surface area contributed by atoms with E-state index in [0.29, 0.717) is 5.56 Å². The van der Waals surface area contributed by atoms with Gasteiger partial charge in [-0.1, -0.05) is 38.3 Å². The summed E-state index contributed by atoms with van der Waals surface area (Å²) in [7, 11) is 0. The number of amides is 3. The molecule has 0 spiro atoms. The standard InChI is InChI=1S/C19H26N2O4/c1-3-14-9-11-15(12-10-14)18(23)25-13(2)17(22)21-19(24)20-16-7-5-4-6-8-16/h9-13,16H,3-8H2,1-2H3,(H2,20,21,22,24)/t13-/m0/s1. The van der Waals surface area contributed by atoms with Crippen LogP contribution in [0.1, 0.15) is 61.9 Å². The van der Waals surface area contributed by atoms with Gasteiger partial charge in [-0.15, -0.1) is 0 Å². The second-order valence-corrected chi connectivity index (χ2v) is 6.40. The molecule has 1 atom stereocenters. The number of nitrogens with one attached hydrogen (secondary N) is 2. The summed E-state index contributed by atoms with van der Waals surface area (Å²) >= 11 is 0. The van der Waals surface area contributed by atoms with Crippen LogP contribution in [0.15, 0.2) is 24.3 Å². The Bertz CT molecular complexity index is 606. The molecule has 0 aromatic heterocycles. The molecule has 1 aliphatic carbocycles. The molecule has 2 rings (SSSR count). The van der Waals surface area contributed by atoms with Gasteiger partial charge in [-0.3, -0.25) is 10.1 Å². The highest BCUT2D eigenvalue weighted by Crippen LogP contribution is 2.17. The molecule has 25 heavy (non-hydrogen) atoms. The van der Waals surface area contributed by atoms with Crippen LogP contribution in [0.4, 0.5) is 4.79 Å². The van der Waals surface area contributed by atoms with Crippen molar-refractivity contribution in [1.82, 2.24) is 10.6 Å². The van der Waals surface area contributed by atoms with Gasteiger partial charge in [0.2, 0.25) is 0 Å². The molecule has 0 saturated heterocycles. The molecule has 1 fully saturated rings. The minimum absolute atomic E-state index is 0.108. The van der Waals surface area contributed by atoms with Crippen LogP contribution >= 0.6 is 0 Å². The van der Waals surface area contributed by atoms with E-state index in [1.807, 2.05) is 19.1 Å². The summed E-state index contributed by atoms with van der Waals surface area (Å²) in [5.41, 5.74) is 1.49. The van der Waals surface area contributed by atoms with Gasteiger partial charge in [0.05, 0.1) is 5.56 Å². The van der Waals surface area contributed by atoms with Crippen LogP contribution in [-0.2, 0) is 16.0 Å². The smallest absolute Gasteiger partial charge is 0.338 e. The van der Waals surface area contributed by atoms with Gasteiger partial charge in [-0.25, -0.2) is 9.59 Å². The van der Waals surface area contributed by atoms with Crippen LogP contribution in [0, 0.1) is 0 Å². The van der Waals surface area contributed by atoms with Gasteiger partial charge in [-0.05, 0) is 43.9 Å². The highest BCUT2D eigenvalue weighted by molar-refractivity contribution is 5.98. The molecule has 6 heteroatoms. The maximum absolute atomic E-state index is 12.1. The van der Waals surface area contributed by atoms with E-state index in [1.54, 1.807) is 12.1 Å². The Morgan fingerprint density at radius 2 is 1.76 bits per heavy atom. The van der Waals surface area contributed by atoms with Crippen molar-refractivity contribution in [2.24, 2.45) is 0 Å². The van der Waals surface area contributed by atoms with Crippen molar-refractivity contribution >= 4 is 17.9 Å². The van der Waals surface area contributed by atoms with Gasteiger partial charge in [0.25, 0.3) is 5.91 Å². The number of hydrogen-bond donors (Lipinski definition) is 2. The minimum atomic E-state index is -1.05. The maximum Gasteiger partial charge on any atom is 0.338 e. The fourth-order valence-corrected chi connectivity index (χ4v) is 2.84. The molecule has 6 nitrogen and oxygen atoms in total. The largest absolute Gasteiger partial charge is 0.449 e. The van der Waals surface area contributed by atoms with Crippen molar-refractivity contribution in [2.45, 2.75) is 64.5 Å². The van der Waals surface area contributed by atoms with E-state index < -0.39 is 24.0 Å². The zero-order valence-electron chi connectivity index (χ0n) is 14.8. The van der Waals surface area contributed by atoms with Gasteiger partial charge >= 0.3 is 12.0 Å². The van der Waals surface area contributed by atoms with Crippen LogP contribution in [0.2, 0.25) is 0 Å². The van der Waals surface area contributed by atoms with E-state index in [9.17, 15) is 14.4 Å². The number of imide groups is 1. The lowest BCUT2D eigenvalue weighted by Gasteiger charge is -2.23. The highest BCUT2D eigenvalue weighted by Gasteiger charge is 2.22. The second-order valence-electron chi connectivity index (χ2n) is 6.40. The third kappa shape index (κ3) is 5.89. The first-order valence-electron chi connectivity index (χ1n) is 8.91. The summed E-state index contributed by atoms with van der Waals surface area (Å²) < 4.78 is 5.13. The monoisotopic (exact) mass is 346 g/mol. The zero-order valence-corrected chi connectivity index (χ0v) is 14.8. The topological polar surface area (TPSA) is 84.5 Å². The second kappa shape index (κ2) is 9.20. The summed E-state index contributed by atoms with van der Waals surface area (Å²) in [6, 6.07) is 6.60. The van der Waals surface area contributed by atoms with Crippen LogP contribution in [0.3, 0.4) is 0 Å². The number of rotatable bonds is 5. The maximum atomic E-state index is 12.1. The molecule has 1 saturated carbocycles. The van der Waals surface area contributed by atoms with Crippen molar-refractivity contribution in [2.75, 3.05) is 0 Å². The molecule has 136 valence electrons. The van der Waals surface area contributed by atoms with E-state index in [4.69, 9.17) is 4.74 Å². The van der Waals surface area contributed by atoms with Crippen molar-refractivity contribution in [3.05, 3.63) is 35.4 Å². The molecule has 3 amide bonds. The number of ether oxygens (including phenoxy) is 1. The molecule has 2 N–H and O–H groups in total. The molecule has 0 bridgehead atoms. The lowest BCUT2D eigenvalue weighted by Crippen LogP contribution is -2.48. The molecule has 1 aromatic rings.